The van der Waals surface area contributed by atoms with E-state index in [1.807, 2.05) is 4.90 Å². The third kappa shape index (κ3) is 2.99. The van der Waals surface area contributed by atoms with Crippen LogP contribution in [0.15, 0.2) is 0 Å². The van der Waals surface area contributed by atoms with E-state index in [0.717, 1.165) is 32.1 Å². The summed E-state index contributed by atoms with van der Waals surface area (Å²) in [6.07, 6.45) is 0.607. The number of alkyl halides is 3. The van der Waals surface area contributed by atoms with Gasteiger partial charge in [-0.3, -0.25) is 4.79 Å². The molecular formula is C18H23F3N4O2S. The predicted octanol–water partition coefficient (Wildman–Crippen LogP) is 2.54. The molecule has 10 heteroatoms. The summed E-state index contributed by atoms with van der Waals surface area (Å²) in [5.74, 6) is 1.02. The van der Waals surface area contributed by atoms with Crippen molar-refractivity contribution in [3.8, 4) is 0 Å². The Balaban J connectivity index is 1.26. The molecule has 5 fully saturated rings. The molecule has 5 aliphatic rings. The first-order chi connectivity index (χ1) is 13.2. The van der Waals surface area contributed by atoms with Gasteiger partial charge < -0.3 is 14.9 Å². The number of hydrogen-bond donors (Lipinski definition) is 1. The van der Waals surface area contributed by atoms with E-state index < -0.39 is 22.2 Å². The minimum Gasteiger partial charge on any atom is -0.390 e. The number of nitrogens with zero attached hydrogens (tertiary/aromatic N) is 4. The van der Waals surface area contributed by atoms with E-state index >= 15 is 0 Å². The van der Waals surface area contributed by atoms with Crippen LogP contribution in [-0.4, -0.2) is 57.9 Å². The third-order valence-electron chi connectivity index (χ3n) is 6.98. The molecule has 0 radical (unpaired) electrons. The molecule has 0 spiro atoms. The minimum atomic E-state index is -4.48. The number of carbonyl (C=O) groups is 1. The Morgan fingerprint density at radius 3 is 2.25 bits per heavy atom. The number of rotatable bonds is 2. The second kappa shape index (κ2) is 6.04. The fourth-order valence-corrected chi connectivity index (χ4v) is 7.12. The van der Waals surface area contributed by atoms with Gasteiger partial charge in [0.25, 0.3) is 0 Å². The molecule has 1 N–H and O–H groups in total. The quantitative estimate of drug-likeness (QED) is 0.803. The summed E-state index contributed by atoms with van der Waals surface area (Å²) in [7, 11) is 0. The van der Waals surface area contributed by atoms with E-state index in [4.69, 9.17) is 0 Å². The van der Waals surface area contributed by atoms with Gasteiger partial charge in [-0.15, -0.1) is 10.2 Å². The van der Waals surface area contributed by atoms with Crippen molar-refractivity contribution in [2.24, 2.45) is 17.3 Å². The van der Waals surface area contributed by atoms with Gasteiger partial charge in [0.1, 0.15) is 0 Å². The van der Waals surface area contributed by atoms with Gasteiger partial charge in [-0.2, -0.15) is 13.2 Å². The van der Waals surface area contributed by atoms with Crippen molar-refractivity contribution in [2.75, 3.05) is 31.1 Å². The average molecular weight is 416 g/mol. The molecule has 6 rings (SSSR count). The number of piperazine rings is 1. The van der Waals surface area contributed by atoms with Gasteiger partial charge in [-0.05, 0) is 50.4 Å². The molecule has 6 nitrogen and oxygen atoms in total. The van der Waals surface area contributed by atoms with Crippen molar-refractivity contribution >= 4 is 22.4 Å². The Morgan fingerprint density at radius 2 is 1.71 bits per heavy atom. The van der Waals surface area contributed by atoms with Crippen molar-refractivity contribution in [3.05, 3.63) is 5.01 Å². The van der Waals surface area contributed by atoms with Gasteiger partial charge in [0, 0.05) is 26.2 Å². The van der Waals surface area contributed by atoms with E-state index in [-0.39, 0.29) is 11.0 Å². The summed E-state index contributed by atoms with van der Waals surface area (Å²) in [6.45, 7) is 1.83. The van der Waals surface area contributed by atoms with Crippen molar-refractivity contribution in [1.82, 2.24) is 15.1 Å². The van der Waals surface area contributed by atoms with Crippen LogP contribution in [0.5, 0.6) is 0 Å². The maximum Gasteiger partial charge on any atom is 0.445 e. The average Bonchev–Trinajstić information content (AvgIpc) is 3.09. The molecule has 4 saturated carbocycles. The van der Waals surface area contributed by atoms with Crippen LogP contribution in [0.2, 0.25) is 0 Å². The highest BCUT2D eigenvalue weighted by Gasteiger charge is 2.60. The Bertz CT molecular complexity index is 776. The number of aromatic nitrogens is 2. The molecule has 1 aliphatic heterocycles. The van der Waals surface area contributed by atoms with Crippen LogP contribution in [0.3, 0.4) is 0 Å². The number of halogens is 3. The molecule has 1 aromatic heterocycles. The summed E-state index contributed by atoms with van der Waals surface area (Å²) in [5, 5.41) is 17.1. The Labute approximate surface area is 164 Å². The molecular weight excluding hydrogens is 393 g/mol. The van der Waals surface area contributed by atoms with Crippen LogP contribution in [0.1, 0.15) is 43.5 Å². The van der Waals surface area contributed by atoms with Crippen LogP contribution >= 0.6 is 11.3 Å². The lowest BCUT2D eigenvalue weighted by Gasteiger charge is -2.60. The van der Waals surface area contributed by atoms with Gasteiger partial charge >= 0.3 is 6.18 Å². The fraction of sp³-hybridized carbons (Fsp3) is 0.833. The number of amides is 1. The number of carbonyl (C=O) groups excluding carboxylic acids is 1. The molecule has 154 valence electrons. The molecule has 2 atom stereocenters. The highest BCUT2D eigenvalue weighted by atomic mass is 32.1. The Morgan fingerprint density at radius 1 is 1.07 bits per heavy atom. The van der Waals surface area contributed by atoms with E-state index in [1.165, 1.54) is 0 Å². The summed E-state index contributed by atoms with van der Waals surface area (Å²) < 4.78 is 38.2. The van der Waals surface area contributed by atoms with Crippen LogP contribution in [0, 0.1) is 17.3 Å². The zero-order valence-corrected chi connectivity index (χ0v) is 16.2. The molecule has 4 aliphatic carbocycles. The van der Waals surface area contributed by atoms with Crippen LogP contribution in [0.25, 0.3) is 0 Å². The zero-order chi connectivity index (χ0) is 19.7. The lowest BCUT2D eigenvalue weighted by Crippen LogP contribution is -2.62. The molecule has 1 aromatic rings. The molecule has 4 bridgehead atoms. The smallest absolute Gasteiger partial charge is 0.390 e. The van der Waals surface area contributed by atoms with Gasteiger partial charge in [-0.25, -0.2) is 0 Å². The zero-order valence-electron chi connectivity index (χ0n) is 15.4. The summed E-state index contributed by atoms with van der Waals surface area (Å²) in [4.78, 5) is 17.0. The highest BCUT2D eigenvalue weighted by molar-refractivity contribution is 7.15. The fourth-order valence-electron chi connectivity index (χ4n) is 6.36. The number of hydrogen-bond acceptors (Lipinski definition) is 6. The van der Waals surface area contributed by atoms with E-state index in [0.29, 0.717) is 55.8 Å². The van der Waals surface area contributed by atoms with Crippen molar-refractivity contribution in [2.45, 2.75) is 50.3 Å². The monoisotopic (exact) mass is 416 g/mol. The van der Waals surface area contributed by atoms with Crippen molar-refractivity contribution in [3.63, 3.8) is 0 Å². The standard InChI is InChI=1S/C18H23F3N4O2S/c19-18(20,21)13-22-23-15(28-13)25-3-1-24(2-4-25)14(26)16-6-11-5-12(7-16)9-17(27,8-11)10-16/h11-12,27H,1-10H2/t11-,12-,16?,17?/m0/s1. The second-order valence-electron chi connectivity index (χ2n) is 9.13. The van der Waals surface area contributed by atoms with Gasteiger partial charge in [0.05, 0.1) is 11.0 Å². The number of aliphatic hydroxyl groups is 1. The second-order valence-corrected chi connectivity index (χ2v) is 10.1. The Hall–Kier alpha value is -1.42. The topological polar surface area (TPSA) is 69.6 Å². The molecule has 1 amide bonds. The first-order valence-electron chi connectivity index (χ1n) is 9.83. The van der Waals surface area contributed by atoms with Gasteiger partial charge in [0.2, 0.25) is 16.0 Å². The van der Waals surface area contributed by atoms with Gasteiger partial charge in [0.15, 0.2) is 0 Å². The minimum absolute atomic E-state index is 0.132. The SMILES string of the molecule is O=C(N1CCN(c2nnc(C(F)(F)F)s2)CC1)C12C[C@@H]3C[C@H](CC(O)(C3)C1)C2. The van der Waals surface area contributed by atoms with Crippen LogP contribution in [0.4, 0.5) is 18.3 Å². The van der Waals surface area contributed by atoms with Crippen LogP contribution < -0.4 is 4.90 Å². The number of anilines is 1. The lowest BCUT2D eigenvalue weighted by molar-refractivity contribution is -0.186. The normalized spacial score (nSPS) is 37.6. The first-order valence-corrected chi connectivity index (χ1v) is 10.6. The maximum atomic E-state index is 13.4. The molecule has 1 saturated heterocycles. The Kier molecular flexibility index (Phi) is 4.01. The largest absolute Gasteiger partial charge is 0.445 e. The first kappa shape index (κ1) is 18.6. The summed E-state index contributed by atoms with van der Waals surface area (Å²) in [5.41, 5.74) is -1.12. The van der Waals surface area contributed by atoms with Crippen LogP contribution in [-0.2, 0) is 11.0 Å². The summed E-state index contributed by atoms with van der Waals surface area (Å²) in [6, 6.07) is 0. The molecule has 0 unspecified atom stereocenters. The van der Waals surface area contributed by atoms with E-state index in [9.17, 15) is 23.1 Å². The third-order valence-corrected chi connectivity index (χ3v) is 8.01. The van der Waals surface area contributed by atoms with E-state index in [2.05, 4.69) is 10.2 Å². The lowest BCUT2D eigenvalue weighted by atomic mass is 9.47. The van der Waals surface area contributed by atoms with Gasteiger partial charge in [-0.1, -0.05) is 11.3 Å². The molecule has 0 aromatic carbocycles. The molecule has 2 heterocycles. The van der Waals surface area contributed by atoms with E-state index in [1.54, 1.807) is 4.90 Å². The predicted molar refractivity (Wildman–Crippen MR) is 95.8 cm³/mol. The molecule has 28 heavy (non-hydrogen) atoms. The summed E-state index contributed by atoms with van der Waals surface area (Å²) >= 11 is 0.545. The maximum absolute atomic E-state index is 13.4. The van der Waals surface area contributed by atoms with Crippen molar-refractivity contribution < 1.29 is 23.1 Å². The highest BCUT2D eigenvalue weighted by Crippen LogP contribution is 2.62. The van der Waals surface area contributed by atoms with Crippen molar-refractivity contribution in [1.29, 1.82) is 0 Å².